The molecule has 190 valence electrons. The Morgan fingerprint density at radius 3 is 2.47 bits per heavy atom. The Morgan fingerprint density at radius 2 is 1.71 bits per heavy atom. The van der Waals surface area contributed by atoms with Crippen molar-refractivity contribution in [2.24, 2.45) is 5.10 Å². The molecule has 0 saturated carbocycles. The van der Waals surface area contributed by atoms with Gasteiger partial charge in [0.05, 0.1) is 5.56 Å². The molecule has 4 aromatic carbocycles. The molecule has 0 aliphatic carbocycles. The molecular formula is C30H25N3O5. The van der Waals surface area contributed by atoms with Crippen LogP contribution in [0.2, 0.25) is 0 Å². The molecule has 0 bridgehead atoms. The van der Waals surface area contributed by atoms with Gasteiger partial charge < -0.3 is 14.8 Å². The van der Waals surface area contributed by atoms with Crippen LogP contribution in [-0.2, 0) is 14.3 Å². The molecule has 0 aromatic heterocycles. The van der Waals surface area contributed by atoms with Crippen LogP contribution in [0.4, 0.5) is 5.69 Å². The molecule has 1 heterocycles. The van der Waals surface area contributed by atoms with Crippen molar-refractivity contribution in [1.82, 2.24) is 5.01 Å². The van der Waals surface area contributed by atoms with Gasteiger partial charge in [0.25, 0.3) is 5.91 Å². The fourth-order valence-corrected chi connectivity index (χ4v) is 4.35. The van der Waals surface area contributed by atoms with Gasteiger partial charge in [0.1, 0.15) is 5.75 Å². The quantitative estimate of drug-likeness (QED) is 0.282. The molecule has 4 aromatic rings. The zero-order chi connectivity index (χ0) is 26.8. The van der Waals surface area contributed by atoms with E-state index in [0.717, 1.165) is 16.3 Å². The number of carbonyl (C=O) groups excluding carboxylic acids is 3. The maximum absolute atomic E-state index is 12.8. The summed E-state index contributed by atoms with van der Waals surface area (Å²) in [5.74, 6) is -0.656. The van der Waals surface area contributed by atoms with Gasteiger partial charge in [-0.3, -0.25) is 14.4 Å². The van der Waals surface area contributed by atoms with Gasteiger partial charge in [-0.15, -0.1) is 5.10 Å². The zero-order valence-electron chi connectivity index (χ0n) is 21.1. The molecule has 0 spiro atoms. The smallest absolute Gasteiger partial charge is 0.308 e. The molecular weight excluding hydrogens is 482 g/mol. The van der Waals surface area contributed by atoms with Gasteiger partial charge in [0.2, 0.25) is 18.0 Å². The summed E-state index contributed by atoms with van der Waals surface area (Å²) in [4.78, 5) is 37.2. The van der Waals surface area contributed by atoms with Gasteiger partial charge in [-0.1, -0.05) is 60.2 Å². The van der Waals surface area contributed by atoms with Crippen molar-refractivity contribution in [2.75, 3.05) is 5.32 Å². The highest BCUT2D eigenvalue weighted by atomic mass is 16.5. The monoisotopic (exact) mass is 507 g/mol. The lowest BCUT2D eigenvalue weighted by atomic mass is 10.0. The molecule has 8 heteroatoms. The van der Waals surface area contributed by atoms with E-state index < -0.39 is 12.2 Å². The molecule has 5 rings (SSSR count). The Kier molecular flexibility index (Phi) is 6.62. The van der Waals surface area contributed by atoms with Crippen molar-refractivity contribution in [3.05, 3.63) is 107 Å². The van der Waals surface area contributed by atoms with E-state index in [1.165, 1.54) is 18.9 Å². The van der Waals surface area contributed by atoms with Crippen LogP contribution in [0.25, 0.3) is 10.8 Å². The minimum absolute atomic E-state index is 0.146. The number of carbonyl (C=O) groups is 3. The third kappa shape index (κ3) is 4.97. The van der Waals surface area contributed by atoms with Crippen molar-refractivity contribution in [3.63, 3.8) is 0 Å². The molecule has 0 fully saturated rings. The molecule has 0 saturated heterocycles. The normalized spacial score (nSPS) is 14.6. The number of hydrogen-bond donors (Lipinski definition) is 1. The van der Waals surface area contributed by atoms with Crippen LogP contribution in [-0.4, -0.2) is 28.7 Å². The minimum Gasteiger partial charge on any atom is -0.446 e. The Morgan fingerprint density at radius 1 is 0.921 bits per heavy atom. The number of anilines is 1. The number of esters is 1. The molecule has 38 heavy (non-hydrogen) atoms. The van der Waals surface area contributed by atoms with Crippen molar-refractivity contribution in [2.45, 2.75) is 27.0 Å². The maximum Gasteiger partial charge on any atom is 0.308 e. The van der Waals surface area contributed by atoms with Crippen molar-refractivity contribution in [1.29, 1.82) is 0 Å². The number of nitrogens with zero attached hydrogens (tertiary/aromatic N) is 2. The van der Waals surface area contributed by atoms with Gasteiger partial charge in [-0.05, 0) is 48.0 Å². The Bertz CT molecular complexity index is 1610. The van der Waals surface area contributed by atoms with E-state index in [2.05, 4.69) is 10.4 Å². The summed E-state index contributed by atoms with van der Waals surface area (Å²) in [6.07, 6.45) is -0.887. The summed E-state index contributed by atoms with van der Waals surface area (Å²) in [5, 5.41) is 10.3. The largest absolute Gasteiger partial charge is 0.446 e. The molecule has 0 radical (unpaired) electrons. The molecule has 0 unspecified atom stereocenters. The number of fused-ring (bicyclic) bond motifs is 1. The van der Waals surface area contributed by atoms with Gasteiger partial charge in [0, 0.05) is 30.7 Å². The predicted molar refractivity (Wildman–Crippen MR) is 144 cm³/mol. The molecule has 1 N–H and O–H groups in total. The second-order valence-corrected chi connectivity index (χ2v) is 8.94. The summed E-state index contributed by atoms with van der Waals surface area (Å²) >= 11 is 0. The molecule has 1 atom stereocenters. The van der Waals surface area contributed by atoms with E-state index in [4.69, 9.17) is 9.47 Å². The molecule has 8 nitrogen and oxygen atoms in total. The van der Waals surface area contributed by atoms with Crippen LogP contribution < -0.4 is 10.1 Å². The SMILES string of the molecule is CC(=O)Oc1ccc2ccccc2c1C1=NN(C(C)=O)[C@H](c2cccc(NC(=O)c3cccc(C)c3)c2)O1. The van der Waals surface area contributed by atoms with Crippen LogP contribution >= 0.6 is 0 Å². The first-order valence-electron chi connectivity index (χ1n) is 12.0. The summed E-state index contributed by atoms with van der Waals surface area (Å²) in [6.45, 7) is 4.63. The number of hydrazone groups is 1. The first kappa shape index (κ1) is 24.7. The fraction of sp³-hybridized carbons (Fsp3) is 0.133. The van der Waals surface area contributed by atoms with Crippen LogP contribution in [0.1, 0.15) is 47.1 Å². The Labute approximate surface area is 219 Å². The van der Waals surface area contributed by atoms with E-state index in [0.29, 0.717) is 22.4 Å². The zero-order valence-corrected chi connectivity index (χ0v) is 21.1. The van der Waals surface area contributed by atoms with Gasteiger partial charge in [-0.2, -0.15) is 5.01 Å². The second-order valence-electron chi connectivity index (χ2n) is 8.94. The standard InChI is InChI=1S/C30H25N3O5/c1-18-8-6-10-22(16-18)28(36)31-24-12-7-11-23(17-24)30-33(19(2)34)32-29(38-30)27-25-13-5-4-9-21(25)14-15-26(27)37-20(3)35/h4-17,30H,1-3H3,(H,31,36)/t30-/m0/s1. The van der Waals surface area contributed by atoms with Crippen molar-refractivity contribution >= 4 is 40.1 Å². The number of hydrogen-bond acceptors (Lipinski definition) is 6. The number of nitrogens with one attached hydrogen (secondary N) is 1. The van der Waals surface area contributed by atoms with Crippen LogP contribution in [0, 0.1) is 6.92 Å². The third-order valence-electron chi connectivity index (χ3n) is 6.03. The van der Waals surface area contributed by atoms with Crippen LogP contribution in [0.15, 0.2) is 90.0 Å². The van der Waals surface area contributed by atoms with Crippen molar-refractivity contribution < 1.29 is 23.9 Å². The number of amides is 2. The lowest BCUT2D eigenvalue weighted by Crippen LogP contribution is -2.25. The minimum atomic E-state index is -0.887. The number of benzene rings is 4. The number of aryl methyl sites for hydroxylation is 1. The average molecular weight is 508 g/mol. The molecule has 2 amide bonds. The van der Waals surface area contributed by atoms with E-state index in [-0.39, 0.29) is 23.5 Å². The first-order valence-corrected chi connectivity index (χ1v) is 12.0. The summed E-state index contributed by atoms with van der Waals surface area (Å²) in [5.41, 5.74) is 3.14. The Hall–Kier alpha value is -4.98. The lowest BCUT2D eigenvalue weighted by Gasteiger charge is -2.20. The van der Waals surface area contributed by atoms with E-state index in [9.17, 15) is 14.4 Å². The summed E-state index contributed by atoms with van der Waals surface area (Å²) in [7, 11) is 0. The van der Waals surface area contributed by atoms with Gasteiger partial charge >= 0.3 is 5.97 Å². The summed E-state index contributed by atoms with van der Waals surface area (Å²) in [6, 6.07) is 25.4. The highest BCUT2D eigenvalue weighted by molar-refractivity contribution is 6.10. The first-order chi connectivity index (χ1) is 18.3. The van der Waals surface area contributed by atoms with Crippen LogP contribution in [0.5, 0.6) is 5.75 Å². The number of rotatable bonds is 5. The Balaban J connectivity index is 1.49. The molecule has 1 aliphatic heterocycles. The topological polar surface area (TPSA) is 97.3 Å². The third-order valence-corrected chi connectivity index (χ3v) is 6.03. The predicted octanol–water partition coefficient (Wildman–Crippen LogP) is 5.56. The van der Waals surface area contributed by atoms with Gasteiger partial charge in [0.15, 0.2) is 0 Å². The number of ether oxygens (including phenoxy) is 2. The fourth-order valence-electron chi connectivity index (χ4n) is 4.35. The second kappa shape index (κ2) is 10.2. The van der Waals surface area contributed by atoms with Crippen molar-refractivity contribution in [3.8, 4) is 5.75 Å². The highest BCUT2D eigenvalue weighted by Crippen LogP contribution is 2.37. The molecule has 1 aliphatic rings. The highest BCUT2D eigenvalue weighted by Gasteiger charge is 2.35. The van der Waals surface area contributed by atoms with Gasteiger partial charge in [-0.25, -0.2) is 0 Å². The van der Waals surface area contributed by atoms with E-state index >= 15 is 0 Å². The maximum atomic E-state index is 12.8. The lowest BCUT2D eigenvalue weighted by molar-refractivity contribution is -0.135. The van der Waals surface area contributed by atoms with E-state index in [1.807, 2.05) is 55.5 Å². The average Bonchev–Trinajstić information content (AvgIpc) is 3.34. The van der Waals surface area contributed by atoms with Crippen LogP contribution in [0.3, 0.4) is 0 Å². The summed E-state index contributed by atoms with van der Waals surface area (Å²) < 4.78 is 11.7. The van der Waals surface area contributed by atoms with E-state index in [1.54, 1.807) is 36.4 Å².